The first-order valence-electron chi connectivity index (χ1n) is 7.16. The van der Waals surface area contributed by atoms with Gasteiger partial charge in [-0.2, -0.15) is 0 Å². The number of halogens is 1. The lowest BCUT2D eigenvalue weighted by Crippen LogP contribution is -2.33. The van der Waals surface area contributed by atoms with Crippen LogP contribution in [0, 0.1) is 0 Å². The fourth-order valence-corrected chi connectivity index (χ4v) is 2.65. The van der Waals surface area contributed by atoms with Crippen molar-refractivity contribution in [2.24, 2.45) is 0 Å². The molecule has 6 nitrogen and oxygen atoms in total. The van der Waals surface area contributed by atoms with Gasteiger partial charge < -0.3 is 10.5 Å². The fraction of sp³-hybridized carbons (Fsp3) is 0.118. The maximum Gasteiger partial charge on any atom is 0.340 e. The summed E-state index contributed by atoms with van der Waals surface area (Å²) in [5.74, 6) is -1.42. The smallest absolute Gasteiger partial charge is 0.340 e. The minimum Gasteiger partial charge on any atom is -0.460 e. The number of benzene rings is 2. The molecular formula is C17H13ClN2O4. The molecule has 1 heterocycles. The summed E-state index contributed by atoms with van der Waals surface area (Å²) in [7, 11) is 0. The van der Waals surface area contributed by atoms with E-state index in [2.05, 4.69) is 0 Å². The zero-order valence-electron chi connectivity index (χ0n) is 12.5. The number of nitrogen functional groups attached to an aromatic ring is 1. The van der Waals surface area contributed by atoms with Crippen molar-refractivity contribution in [3.05, 3.63) is 64.2 Å². The molecule has 1 aliphatic rings. The predicted molar refractivity (Wildman–Crippen MR) is 88.0 cm³/mol. The van der Waals surface area contributed by atoms with E-state index in [4.69, 9.17) is 22.1 Å². The Bertz CT molecular complexity index is 815. The van der Waals surface area contributed by atoms with Gasteiger partial charge in [-0.25, -0.2) is 4.79 Å². The van der Waals surface area contributed by atoms with Crippen molar-refractivity contribution < 1.29 is 19.1 Å². The molecule has 0 atom stereocenters. The van der Waals surface area contributed by atoms with E-state index in [-0.39, 0.29) is 24.4 Å². The summed E-state index contributed by atoms with van der Waals surface area (Å²) in [6.07, 6.45) is 0. The van der Waals surface area contributed by atoms with Gasteiger partial charge in [0, 0.05) is 10.7 Å². The van der Waals surface area contributed by atoms with E-state index >= 15 is 0 Å². The molecule has 2 N–H and O–H groups in total. The summed E-state index contributed by atoms with van der Waals surface area (Å²) in [5.41, 5.74) is 6.81. The van der Waals surface area contributed by atoms with Crippen molar-refractivity contribution >= 4 is 35.1 Å². The van der Waals surface area contributed by atoms with E-state index in [9.17, 15) is 14.4 Å². The highest BCUT2D eigenvalue weighted by atomic mass is 35.5. The van der Waals surface area contributed by atoms with Gasteiger partial charge >= 0.3 is 5.97 Å². The average Bonchev–Trinajstić information content (AvgIpc) is 2.80. The zero-order valence-corrected chi connectivity index (χ0v) is 13.2. The molecule has 0 radical (unpaired) electrons. The molecule has 0 unspecified atom stereocenters. The Morgan fingerprint density at radius 1 is 1.08 bits per heavy atom. The van der Waals surface area contributed by atoms with Gasteiger partial charge in [0.25, 0.3) is 11.8 Å². The number of ether oxygens (including phenoxy) is 1. The largest absolute Gasteiger partial charge is 0.460 e. The number of nitrogens with two attached hydrogens (primary N) is 1. The van der Waals surface area contributed by atoms with Crippen molar-refractivity contribution in [1.29, 1.82) is 0 Å². The van der Waals surface area contributed by atoms with Crippen LogP contribution in [0.25, 0.3) is 0 Å². The number of rotatable bonds is 4. The second-order valence-electron chi connectivity index (χ2n) is 5.18. The topological polar surface area (TPSA) is 89.7 Å². The monoisotopic (exact) mass is 344 g/mol. The van der Waals surface area contributed by atoms with E-state index in [0.717, 1.165) is 4.90 Å². The van der Waals surface area contributed by atoms with Crippen molar-refractivity contribution in [3.8, 4) is 0 Å². The van der Waals surface area contributed by atoms with Crippen LogP contribution >= 0.6 is 11.6 Å². The first kappa shape index (κ1) is 16.0. The van der Waals surface area contributed by atoms with Gasteiger partial charge in [0.15, 0.2) is 0 Å². The van der Waals surface area contributed by atoms with Crippen LogP contribution in [0.15, 0.2) is 42.5 Å². The Labute approximate surface area is 142 Å². The van der Waals surface area contributed by atoms with Crippen molar-refractivity contribution in [3.63, 3.8) is 0 Å². The summed E-state index contributed by atoms with van der Waals surface area (Å²) < 4.78 is 5.10. The highest BCUT2D eigenvalue weighted by Gasteiger charge is 2.34. The van der Waals surface area contributed by atoms with Crippen LogP contribution in [-0.2, 0) is 4.74 Å². The summed E-state index contributed by atoms with van der Waals surface area (Å²) in [6, 6.07) is 11.0. The van der Waals surface area contributed by atoms with E-state index in [1.165, 1.54) is 18.2 Å². The number of hydrogen-bond acceptors (Lipinski definition) is 5. The van der Waals surface area contributed by atoms with E-state index in [1.54, 1.807) is 24.3 Å². The first-order valence-corrected chi connectivity index (χ1v) is 7.54. The van der Waals surface area contributed by atoms with Crippen LogP contribution in [0.4, 0.5) is 5.69 Å². The second kappa shape index (κ2) is 6.33. The minimum atomic E-state index is -0.638. The van der Waals surface area contributed by atoms with Crippen LogP contribution < -0.4 is 5.73 Å². The fourth-order valence-electron chi connectivity index (χ4n) is 2.47. The molecule has 7 heteroatoms. The van der Waals surface area contributed by atoms with Gasteiger partial charge in [0.05, 0.1) is 23.2 Å². The SMILES string of the molecule is Nc1cc(Cl)ccc1C(=O)OCCN1C(=O)c2ccccc2C1=O. The molecule has 0 spiro atoms. The molecule has 3 rings (SSSR count). The molecule has 0 saturated carbocycles. The Morgan fingerprint density at radius 2 is 1.71 bits per heavy atom. The molecule has 0 aromatic heterocycles. The van der Waals surface area contributed by atoms with Gasteiger partial charge in [0.2, 0.25) is 0 Å². The van der Waals surface area contributed by atoms with Crippen LogP contribution in [0.5, 0.6) is 0 Å². The molecule has 1 aliphatic heterocycles. The summed E-state index contributed by atoms with van der Waals surface area (Å²) in [4.78, 5) is 37.4. The predicted octanol–water partition coefficient (Wildman–Crippen LogP) is 2.38. The standard InChI is InChI=1S/C17H13ClN2O4/c18-10-5-6-13(14(19)9-10)17(23)24-8-7-20-15(21)11-3-1-2-4-12(11)16(20)22/h1-6,9H,7-8,19H2. The number of anilines is 1. The van der Waals surface area contributed by atoms with Gasteiger partial charge in [-0.15, -0.1) is 0 Å². The van der Waals surface area contributed by atoms with Crippen molar-refractivity contribution in [2.45, 2.75) is 0 Å². The Balaban J connectivity index is 1.62. The summed E-state index contributed by atoms with van der Waals surface area (Å²) in [5, 5.41) is 0.412. The molecule has 0 aliphatic carbocycles. The Morgan fingerprint density at radius 3 is 2.29 bits per heavy atom. The highest BCUT2D eigenvalue weighted by Crippen LogP contribution is 2.22. The number of nitrogens with zero attached hydrogens (tertiary/aromatic N) is 1. The molecular weight excluding hydrogens is 332 g/mol. The number of imide groups is 1. The number of carbonyl (C=O) groups is 3. The molecule has 0 fully saturated rings. The van der Waals surface area contributed by atoms with Crippen LogP contribution in [0.2, 0.25) is 5.02 Å². The molecule has 122 valence electrons. The molecule has 0 saturated heterocycles. The molecule has 24 heavy (non-hydrogen) atoms. The van der Waals surface area contributed by atoms with E-state index in [0.29, 0.717) is 16.1 Å². The third-order valence-corrected chi connectivity index (χ3v) is 3.89. The number of fused-ring (bicyclic) bond motifs is 1. The van der Waals surface area contributed by atoms with Crippen LogP contribution in [0.3, 0.4) is 0 Å². The van der Waals surface area contributed by atoms with E-state index in [1.807, 2.05) is 0 Å². The number of hydrogen-bond donors (Lipinski definition) is 1. The van der Waals surface area contributed by atoms with Gasteiger partial charge in [0.1, 0.15) is 6.61 Å². The normalized spacial score (nSPS) is 13.1. The average molecular weight is 345 g/mol. The number of carbonyl (C=O) groups excluding carboxylic acids is 3. The van der Waals surface area contributed by atoms with Gasteiger partial charge in [-0.3, -0.25) is 14.5 Å². The van der Waals surface area contributed by atoms with Gasteiger partial charge in [-0.05, 0) is 30.3 Å². The van der Waals surface area contributed by atoms with Crippen molar-refractivity contribution in [2.75, 3.05) is 18.9 Å². The maximum absolute atomic E-state index is 12.2. The van der Waals surface area contributed by atoms with Crippen LogP contribution in [-0.4, -0.2) is 35.8 Å². The zero-order chi connectivity index (χ0) is 17.3. The van der Waals surface area contributed by atoms with Crippen molar-refractivity contribution in [1.82, 2.24) is 4.90 Å². The summed E-state index contributed by atoms with van der Waals surface area (Å²) >= 11 is 5.77. The second-order valence-corrected chi connectivity index (χ2v) is 5.61. The highest BCUT2D eigenvalue weighted by molar-refractivity contribution is 6.31. The lowest BCUT2D eigenvalue weighted by molar-refractivity contribution is 0.0421. The van der Waals surface area contributed by atoms with Gasteiger partial charge in [-0.1, -0.05) is 23.7 Å². The minimum absolute atomic E-state index is 0.0222. The third kappa shape index (κ3) is 2.83. The Kier molecular flexibility index (Phi) is 4.22. The Hall–Kier alpha value is -2.86. The quantitative estimate of drug-likeness (QED) is 0.522. The summed E-state index contributed by atoms with van der Waals surface area (Å²) in [6.45, 7) is -0.141. The first-order chi connectivity index (χ1) is 11.5. The van der Waals surface area contributed by atoms with E-state index < -0.39 is 17.8 Å². The number of amides is 2. The third-order valence-electron chi connectivity index (χ3n) is 3.66. The molecule has 0 bridgehead atoms. The molecule has 2 aromatic rings. The lowest BCUT2D eigenvalue weighted by atomic mass is 10.1. The van der Waals surface area contributed by atoms with Crippen LogP contribution in [0.1, 0.15) is 31.1 Å². The molecule has 2 aromatic carbocycles. The maximum atomic E-state index is 12.2. The lowest BCUT2D eigenvalue weighted by Gasteiger charge is -2.14. The number of esters is 1. The molecule has 2 amide bonds.